The Morgan fingerprint density at radius 1 is 0.831 bits per heavy atom. The molecule has 2 aliphatic carbocycles. The second kappa shape index (κ2) is 17.8. The Morgan fingerprint density at radius 2 is 1.61 bits per heavy atom. The lowest BCUT2D eigenvalue weighted by Gasteiger charge is -2.42. The van der Waals surface area contributed by atoms with Crippen molar-refractivity contribution in [3.63, 3.8) is 0 Å². The standard InChI is InChI=1S/C45H52F2N8O4/c1-53(33-15-10-31(11-16-33)50-45-48-27-38(47)42(52-45)30-5-4-6-35(25-30)55-22-3-2-7-41(55)57)44(59)29-8-13-34(14-9-29)54-23-20-28(21-24-54)36-17-12-32(26-37(36)46)49-39-18-19-40(56)51-43(39)58/h2-7,12,17,22,25-29,31,33-34,39,49H,8-11,13-16,18-21,23-24H2,1H3,(H,48,50,52)(H,51,56,58)/t29-,31-,33-,34-,39?. The van der Waals surface area contributed by atoms with Crippen LogP contribution in [-0.2, 0) is 14.4 Å². The highest BCUT2D eigenvalue weighted by atomic mass is 19.1. The van der Waals surface area contributed by atoms with Crippen molar-refractivity contribution in [2.75, 3.05) is 30.8 Å². The maximum absolute atomic E-state index is 15.3. The van der Waals surface area contributed by atoms with Crippen LogP contribution in [0.2, 0.25) is 0 Å². The van der Waals surface area contributed by atoms with Crippen LogP contribution < -0.4 is 21.5 Å². The van der Waals surface area contributed by atoms with Crippen molar-refractivity contribution >= 4 is 29.4 Å². The van der Waals surface area contributed by atoms with E-state index in [0.29, 0.717) is 40.9 Å². The lowest BCUT2D eigenvalue weighted by atomic mass is 9.82. The van der Waals surface area contributed by atoms with Gasteiger partial charge in [0.1, 0.15) is 17.6 Å². The fraction of sp³-hybridized carbons (Fsp3) is 0.467. The number of amides is 3. The molecule has 4 aromatic rings. The first-order chi connectivity index (χ1) is 28.6. The summed E-state index contributed by atoms with van der Waals surface area (Å²) < 4.78 is 31.8. The molecule has 4 fully saturated rings. The van der Waals surface area contributed by atoms with Crippen molar-refractivity contribution in [1.82, 2.24) is 29.7 Å². The highest BCUT2D eigenvalue weighted by Gasteiger charge is 2.36. The number of anilines is 2. The number of imide groups is 1. The van der Waals surface area contributed by atoms with Gasteiger partial charge in [0.25, 0.3) is 5.56 Å². The molecule has 0 bridgehead atoms. The Morgan fingerprint density at radius 3 is 2.34 bits per heavy atom. The fourth-order valence-corrected chi connectivity index (χ4v) is 9.58. The second-order valence-electron chi connectivity index (χ2n) is 16.6. The van der Waals surface area contributed by atoms with Gasteiger partial charge in [0, 0.05) is 66.7 Å². The molecule has 1 atom stereocenters. The number of hydrogen-bond donors (Lipinski definition) is 3. The van der Waals surface area contributed by atoms with E-state index in [1.807, 2.05) is 24.1 Å². The number of aromatic nitrogens is 3. The van der Waals surface area contributed by atoms with Gasteiger partial charge in [-0.15, -0.1) is 0 Å². The van der Waals surface area contributed by atoms with Crippen LogP contribution in [0.3, 0.4) is 0 Å². The largest absolute Gasteiger partial charge is 0.374 e. The molecule has 2 saturated carbocycles. The van der Waals surface area contributed by atoms with Gasteiger partial charge in [0.2, 0.25) is 23.7 Å². The van der Waals surface area contributed by atoms with Gasteiger partial charge in [-0.1, -0.05) is 24.3 Å². The number of halogens is 2. The van der Waals surface area contributed by atoms with Gasteiger partial charge in [-0.2, -0.15) is 0 Å². The van der Waals surface area contributed by atoms with E-state index >= 15 is 8.78 Å². The SMILES string of the molecule is CN(C(=O)[C@H]1CC[C@H](N2CCC(c3ccc(NC4CCC(=O)NC4=O)cc3F)CC2)CC1)[C@H]1CC[C@H](Nc2ncc(F)c(-c3cccc(-n4ccccc4=O)c3)n2)CC1. The van der Waals surface area contributed by atoms with Gasteiger partial charge < -0.3 is 20.4 Å². The number of piperidine rings is 2. The average molecular weight is 807 g/mol. The maximum Gasteiger partial charge on any atom is 0.255 e. The molecule has 59 heavy (non-hydrogen) atoms. The van der Waals surface area contributed by atoms with E-state index in [1.54, 1.807) is 42.6 Å². The zero-order valence-electron chi connectivity index (χ0n) is 33.4. The number of likely N-dealkylation sites (tertiary alicyclic amines) is 1. The van der Waals surface area contributed by atoms with Gasteiger partial charge in [0.15, 0.2) is 5.82 Å². The van der Waals surface area contributed by atoms with Crippen LogP contribution >= 0.6 is 0 Å². The van der Waals surface area contributed by atoms with Crippen molar-refractivity contribution in [2.45, 2.75) is 107 Å². The third kappa shape index (κ3) is 9.22. The smallest absolute Gasteiger partial charge is 0.255 e. The van der Waals surface area contributed by atoms with E-state index in [0.717, 1.165) is 77.3 Å². The minimum absolute atomic E-state index is 0.0242. The molecule has 2 aliphatic heterocycles. The average Bonchev–Trinajstić information content (AvgIpc) is 3.25. The lowest BCUT2D eigenvalue weighted by Crippen LogP contribution is -2.47. The van der Waals surface area contributed by atoms with Crippen molar-refractivity contribution in [1.29, 1.82) is 0 Å². The topological polar surface area (TPSA) is 142 Å². The second-order valence-corrected chi connectivity index (χ2v) is 16.6. The van der Waals surface area contributed by atoms with Crippen LogP contribution in [0.25, 0.3) is 16.9 Å². The summed E-state index contributed by atoms with van der Waals surface area (Å²) in [6.45, 7) is 1.80. The summed E-state index contributed by atoms with van der Waals surface area (Å²) in [5.74, 6) is -0.742. The fourth-order valence-electron chi connectivity index (χ4n) is 9.58. The van der Waals surface area contributed by atoms with Crippen LogP contribution in [0.4, 0.5) is 20.4 Å². The number of benzene rings is 2. The first-order valence-electron chi connectivity index (χ1n) is 21.1. The molecule has 1 unspecified atom stereocenters. The van der Waals surface area contributed by atoms with Crippen molar-refractivity contribution in [3.05, 3.63) is 101 Å². The van der Waals surface area contributed by atoms with Gasteiger partial charge in [-0.3, -0.25) is 29.1 Å². The molecule has 2 aromatic carbocycles. The summed E-state index contributed by atoms with van der Waals surface area (Å²) >= 11 is 0. The predicted octanol–water partition coefficient (Wildman–Crippen LogP) is 6.41. The highest BCUT2D eigenvalue weighted by molar-refractivity contribution is 6.01. The molecule has 2 saturated heterocycles. The Bertz CT molecular complexity index is 2230. The quantitative estimate of drug-likeness (QED) is 0.155. The summed E-state index contributed by atoms with van der Waals surface area (Å²) in [5.41, 5.74) is 2.38. The molecule has 4 aliphatic rings. The molecular weight excluding hydrogens is 755 g/mol. The van der Waals surface area contributed by atoms with Gasteiger partial charge in [-0.25, -0.2) is 18.7 Å². The zero-order chi connectivity index (χ0) is 41.0. The van der Waals surface area contributed by atoms with E-state index in [-0.39, 0.29) is 65.1 Å². The van der Waals surface area contributed by atoms with E-state index in [2.05, 4.69) is 30.8 Å². The molecule has 3 N–H and O–H groups in total. The minimum Gasteiger partial charge on any atom is -0.374 e. The number of carbonyl (C=O) groups excluding carboxylic acids is 3. The van der Waals surface area contributed by atoms with E-state index in [9.17, 15) is 19.2 Å². The lowest BCUT2D eigenvalue weighted by molar-refractivity contribution is -0.138. The molecule has 2 aromatic heterocycles. The number of nitrogens with zero attached hydrogens (tertiary/aromatic N) is 5. The number of nitrogens with one attached hydrogen (secondary N) is 3. The Kier molecular flexibility index (Phi) is 12.1. The Balaban J connectivity index is 0.776. The van der Waals surface area contributed by atoms with Crippen molar-refractivity contribution < 1.29 is 23.2 Å². The van der Waals surface area contributed by atoms with Crippen LogP contribution in [0, 0.1) is 17.6 Å². The third-order valence-electron chi connectivity index (χ3n) is 13.0. The Labute approximate surface area is 342 Å². The van der Waals surface area contributed by atoms with E-state index in [4.69, 9.17) is 0 Å². The summed E-state index contributed by atoms with van der Waals surface area (Å²) in [4.78, 5) is 63.0. The minimum atomic E-state index is -0.551. The number of pyridine rings is 1. The maximum atomic E-state index is 15.3. The summed E-state index contributed by atoms with van der Waals surface area (Å²) in [6, 6.07) is 17.2. The molecule has 3 amide bonds. The van der Waals surface area contributed by atoms with Crippen LogP contribution in [0.15, 0.2) is 77.9 Å². The Hall–Kier alpha value is -5.50. The van der Waals surface area contributed by atoms with Crippen molar-refractivity contribution in [2.24, 2.45) is 5.92 Å². The predicted molar refractivity (Wildman–Crippen MR) is 221 cm³/mol. The first-order valence-corrected chi connectivity index (χ1v) is 21.1. The molecule has 12 nitrogen and oxygen atoms in total. The monoisotopic (exact) mass is 806 g/mol. The summed E-state index contributed by atoms with van der Waals surface area (Å²) in [7, 11) is 1.95. The highest BCUT2D eigenvalue weighted by Crippen LogP contribution is 2.36. The molecule has 0 spiro atoms. The molecule has 14 heteroatoms. The summed E-state index contributed by atoms with van der Waals surface area (Å²) in [6.07, 6.45) is 12.3. The third-order valence-corrected chi connectivity index (χ3v) is 13.0. The normalized spacial score (nSPS) is 24.3. The molecular formula is C45H52F2N8O4. The van der Waals surface area contributed by atoms with Crippen molar-refractivity contribution in [3.8, 4) is 16.9 Å². The van der Waals surface area contributed by atoms with Crippen LogP contribution in [0.1, 0.15) is 88.5 Å². The number of carbonyl (C=O) groups is 3. The first kappa shape index (κ1) is 40.3. The van der Waals surface area contributed by atoms with Gasteiger partial charge in [0.05, 0.1) is 6.20 Å². The molecule has 310 valence electrons. The molecule has 4 heterocycles. The molecule has 8 rings (SSSR count). The van der Waals surface area contributed by atoms with Crippen LogP contribution in [0.5, 0.6) is 0 Å². The summed E-state index contributed by atoms with van der Waals surface area (Å²) in [5, 5.41) is 8.80. The number of rotatable bonds is 10. The van der Waals surface area contributed by atoms with Gasteiger partial charge >= 0.3 is 0 Å². The molecule has 0 radical (unpaired) electrons. The number of hydrogen-bond acceptors (Lipinski definition) is 9. The van der Waals surface area contributed by atoms with Crippen LogP contribution in [-0.4, -0.2) is 86.4 Å². The zero-order valence-corrected chi connectivity index (χ0v) is 33.4. The van der Waals surface area contributed by atoms with E-state index in [1.165, 1.54) is 22.9 Å². The van der Waals surface area contributed by atoms with Gasteiger partial charge in [-0.05, 0) is 126 Å². The van der Waals surface area contributed by atoms with E-state index < -0.39 is 11.9 Å².